The number of aliphatic carboxylic acids is 3. The summed E-state index contributed by atoms with van der Waals surface area (Å²) in [7, 11) is 0. The van der Waals surface area contributed by atoms with Crippen LogP contribution in [0.4, 0.5) is 0 Å². The zero-order chi connectivity index (χ0) is 64.5. The number of carbonyl (C=O) groups excluding carboxylic acids is 6. The van der Waals surface area contributed by atoms with E-state index in [9.17, 15) is 53.4 Å². The van der Waals surface area contributed by atoms with Crippen LogP contribution in [0, 0.1) is 26.7 Å². The zero-order valence-corrected chi connectivity index (χ0v) is 49.7. The quantitative estimate of drug-likeness (QED) is 0.0257. The summed E-state index contributed by atoms with van der Waals surface area (Å²) in [6, 6.07) is 44.3. The van der Waals surface area contributed by atoms with Gasteiger partial charge < -0.3 is 60.4 Å². The van der Waals surface area contributed by atoms with Gasteiger partial charge in [0.1, 0.15) is 17.2 Å². The summed E-state index contributed by atoms with van der Waals surface area (Å²) in [5.41, 5.74) is 21.4. The number of Topliss-reactive ketones (excluding diaryl/α,β-unsaturated/α-hetero) is 3. The molecule has 456 valence electrons. The number of ketones is 3. The number of carbonyl (C=O) groups is 9. The Labute approximate surface area is 505 Å². The van der Waals surface area contributed by atoms with Crippen LogP contribution in [0.3, 0.4) is 0 Å². The topological polar surface area (TPSA) is 335 Å². The number of carboxylic acid groups (broad SMARTS) is 3. The molecule has 9 rings (SSSR count). The molecule has 9 N–H and O–H groups in total. The average Bonchev–Trinajstić information content (AvgIpc) is 1.93. The third-order valence-electron chi connectivity index (χ3n) is 14.6. The van der Waals surface area contributed by atoms with Crippen molar-refractivity contribution < 1.29 is 72.7 Å². The third-order valence-corrected chi connectivity index (χ3v) is 14.6. The maximum atomic E-state index is 12.7. The van der Waals surface area contributed by atoms with E-state index < -0.39 is 70.8 Å². The molecule has 0 saturated heterocycles. The number of nitrogens with zero attached hydrogens (tertiary/aromatic N) is 3. The number of hydrogen-bond donors (Lipinski definition) is 6. The molecule has 0 saturated carbocycles. The van der Waals surface area contributed by atoms with Crippen molar-refractivity contribution in [2.45, 2.75) is 99.3 Å². The fourth-order valence-electron chi connectivity index (χ4n) is 10.2. The van der Waals surface area contributed by atoms with Crippen molar-refractivity contribution in [2.75, 3.05) is 0 Å². The van der Waals surface area contributed by atoms with Crippen LogP contribution in [-0.2, 0) is 48.4 Å². The predicted molar refractivity (Wildman–Crippen MR) is 329 cm³/mol. The van der Waals surface area contributed by atoms with Gasteiger partial charge in [0.05, 0.1) is 49.4 Å². The molecular weight excluding hydrogens is 1130 g/mol. The molecule has 3 amide bonds. The molecule has 9 aromatic rings. The van der Waals surface area contributed by atoms with Gasteiger partial charge in [-0.25, -0.2) is 14.4 Å². The number of aromatic nitrogens is 3. The van der Waals surface area contributed by atoms with Crippen LogP contribution in [0.15, 0.2) is 146 Å². The molecule has 21 heteroatoms. The van der Waals surface area contributed by atoms with Crippen LogP contribution < -0.4 is 31.4 Å². The van der Waals surface area contributed by atoms with Crippen molar-refractivity contribution in [1.82, 2.24) is 13.7 Å². The number of fused-ring (bicyclic) bond motifs is 3. The summed E-state index contributed by atoms with van der Waals surface area (Å²) < 4.78 is 22.9. The van der Waals surface area contributed by atoms with E-state index in [1.165, 1.54) is 20.8 Å². The summed E-state index contributed by atoms with van der Waals surface area (Å²) in [4.78, 5) is 108. The number of amides is 3. The molecule has 0 spiro atoms. The van der Waals surface area contributed by atoms with Gasteiger partial charge in [-0.15, -0.1) is 0 Å². The zero-order valence-electron chi connectivity index (χ0n) is 49.7. The first-order valence-electron chi connectivity index (χ1n) is 27.9. The minimum absolute atomic E-state index is 0.0939. The Morgan fingerprint density at radius 1 is 0.443 bits per heavy atom. The Morgan fingerprint density at radius 3 is 1.06 bits per heavy atom. The Hall–Kier alpha value is -10.8. The first kappa shape index (κ1) is 64.7. The molecule has 0 aliphatic heterocycles. The summed E-state index contributed by atoms with van der Waals surface area (Å²) in [6.07, 6.45) is -1.91. The smallest absolute Gasteiger partial charge is 0.347 e. The first-order chi connectivity index (χ1) is 41.6. The predicted octanol–water partition coefficient (Wildman–Crippen LogP) is 8.97. The van der Waals surface area contributed by atoms with E-state index in [0.29, 0.717) is 75.8 Å². The number of ether oxygens (including phenoxy) is 3. The highest BCUT2D eigenvalue weighted by molar-refractivity contribution is 6.46. The third kappa shape index (κ3) is 14.3. The second-order valence-corrected chi connectivity index (χ2v) is 21.7. The average molecular weight is 1200 g/mol. The van der Waals surface area contributed by atoms with Gasteiger partial charge in [-0.2, -0.15) is 0 Å². The highest BCUT2D eigenvalue weighted by Gasteiger charge is 2.34. The molecule has 3 aromatic heterocycles. The van der Waals surface area contributed by atoms with E-state index in [0.717, 1.165) is 16.7 Å². The standard InChI is InChI=1S/C24H26N2O5.C22H22N2O5.C21H20N2O5/c1-14(2)12-19(24(29)30)31-18-11-7-10-17-21(18)20(22(27)23(25)28)15(3)26(17)13-16-8-5-4-6-9-16;1-13-17(19(25)20(23)26)18-15(24(13)12-14-8-5-4-6-9-14)10-7-11-16(18)29-22(2,3)21(27)28;1-12-17(19(24)20(22)25)18-15(23(12)11-14-7-4-3-5-8-14)9-6-10-16(18)28-13(2)21(26)27/h4-11,14,19H,12-13H2,1-3H3,(H2,25,28)(H,29,30);4-11H,12H2,1-3H3,(H2,23,26)(H,27,28);3-10,13H,11H2,1-2H3,(H2,22,25)(H,26,27). The Bertz CT molecular complexity index is 4160. The molecular formula is C67H68N6O15. The lowest BCUT2D eigenvalue weighted by molar-refractivity contribution is -0.152. The van der Waals surface area contributed by atoms with E-state index >= 15 is 0 Å². The summed E-state index contributed by atoms with van der Waals surface area (Å²) in [5, 5.41) is 29.4. The summed E-state index contributed by atoms with van der Waals surface area (Å²) in [5.74, 6) is -8.39. The Balaban J connectivity index is 0.000000189. The van der Waals surface area contributed by atoms with Crippen molar-refractivity contribution in [2.24, 2.45) is 23.1 Å². The van der Waals surface area contributed by atoms with Gasteiger partial charge in [-0.1, -0.05) is 123 Å². The van der Waals surface area contributed by atoms with Crippen LogP contribution in [0.1, 0.15) is 106 Å². The number of benzene rings is 6. The van der Waals surface area contributed by atoms with E-state index in [1.807, 2.05) is 125 Å². The van der Waals surface area contributed by atoms with Crippen LogP contribution >= 0.6 is 0 Å². The van der Waals surface area contributed by atoms with Crippen molar-refractivity contribution in [3.63, 3.8) is 0 Å². The minimum Gasteiger partial charge on any atom is -0.479 e. The van der Waals surface area contributed by atoms with Gasteiger partial charge >= 0.3 is 17.9 Å². The fourth-order valence-corrected chi connectivity index (χ4v) is 10.2. The summed E-state index contributed by atoms with van der Waals surface area (Å²) >= 11 is 0. The molecule has 0 fully saturated rings. The molecule has 2 atom stereocenters. The van der Waals surface area contributed by atoms with Crippen LogP contribution in [0.25, 0.3) is 32.7 Å². The molecule has 0 aliphatic carbocycles. The van der Waals surface area contributed by atoms with E-state index in [2.05, 4.69) is 0 Å². The number of carboxylic acids is 3. The number of nitrogens with two attached hydrogens (primary N) is 3. The number of hydrogen-bond acceptors (Lipinski definition) is 12. The fraction of sp³-hybridized carbons (Fsp3) is 0.239. The summed E-state index contributed by atoms with van der Waals surface area (Å²) in [6.45, 7) is 14.6. The van der Waals surface area contributed by atoms with Crippen LogP contribution in [0.5, 0.6) is 17.2 Å². The van der Waals surface area contributed by atoms with Gasteiger partial charge in [-0.3, -0.25) is 28.8 Å². The van der Waals surface area contributed by atoms with Gasteiger partial charge in [0.15, 0.2) is 17.8 Å². The lowest BCUT2D eigenvalue weighted by Gasteiger charge is -2.22. The SMILES string of the molecule is Cc1c(C(=O)C(N)=O)c2c(OC(C)(C)C(=O)O)cccc2n1Cc1ccccc1.Cc1c(C(=O)C(N)=O)c2c(OC(C)C(=O)O)cccc2n1Cc1ccccc1.Cc1c(C(=O)C(N)=O)c2c(OC(CC(C)C)C(=O)O)cccc2n1Cc1ccccc1. The van der Waals surface area contributed by atoms with Crippen molar-refractivity contribution in [3.8, 4) is 17.2 Å². The normalized spacial score (nSPS) is 11.8. The van der Waals surface area contributed by atoms with E-state index in [4.69, 9.17) is 36.5 Å². The molecule has 2 unspecified atom stereocenters. The van der Waals surface area contributed by atoms with Crippen LogP contribution in [0.2, 0.25) is 0 Å². The minimum atomic E-state index is -1.53. The molecule has 88 heavy (non-hydrogen) atoms. The van der Waals surface area contributed by atoms with Crippen molar-refractivity contribution in [1.29, 1.82) is 0 Å². The van der Waals surface area contributed by atoms with Crippen molar-refractivity contribution in [3.05, 3.63) is 196 Å². The van der Waals surface area contributed by atoms with E-state index in [-0.39, 0.29) is 39.9 Å². The second kappa shape index (κ2) is 27.5. The first-order valence-corrected chi connectivity index (χ1v) is 27.9. The highest BCUT2D eigenvalue weighted by Crippen LogP contribution is 2.39. The van der Waals surface area contributed by atoms with Gasteiger partial charge in [0.25, 0.3) is 35.1 Å². The molecule has 3 heterocycles. The van der Waals surface area contributed by atoms with Gasteiger partial charge in [0.2, 0.25) is 0 Å². The van der Waals surface area contributed by atoms with Crippen LogP contribution in [-0.4, -0.2) is 99.8 Å². The maximum absolute atomic E-state index is 12.7. The monoisotopic (exact) mass is 1200 g/mol. The van der Waals surface area contributed by atoms with Crippen molar-refractivity contribution >= 4 is 85.7 Å². The highest BCUT2D eigenvalue weighted by atomic mass is 16.5. The lowest BCUT2D eigenvalue weighted by atomic mass is 10.0. The lowest BCUT2D eigenvalue weighted by Crippen LogP contribution is -2.38. The Kier molecular flexibility index (Phi) is 20.2. The molecule has 6 aromatic carbocycles. The van der Waals surface area contributed by atoms with E-state index in [1.54, 1.807) is 69.3 Å². The van der Waals surface area contributed by atoms with Gasteiger partial charge in [-0.05, 0) is 107 Å². The molecule has 21 nitrogen and oxygen atoms in total. The maximum Gasteiger partial charge on any atom is 0.347 e. The second-order valence-electron chi connectivity index (χ2n) is 21.7. The molecule has 0 bridgehead atoms. The largest absolute Gasteiger partial charge is 0.479 e. The molecule has 0 aliphatic rings. The molecule has 0 radical (unpaired) electrons. The number of rotatable bonds is 23. The Morgan fingerprint density at radius 2 is 0.761 bits per heavy atom. The van der Waals surface area contributed by atoms with Gasteiger partial charge in [0, 0.05) is 36.7 Å². The number of primary amides is 3.